The Kier molecular flexibility index (Phi) is 3.84. The minimum Gasteiger partial charge on any atom is -0.493 e. The number of ether oxygens (including phenoxy) is 2. The predicted molar refractivity (Wildman–Crippen MR) is 88.0 cm³/mol. The lowest BCUT2D eigenvalue weighted by Crippen LogP contribution is -2.07. The van der Waals surface area contributed by atoms with Crippen LogP contribution in [0.1, 0.15) is 21.7 Å². The average molecular weight is 327 g/mol. The number of rotatable bonds is 4. The number of fused-ring (bicyclic) bond motifs is 1. The van der Waals surface area contributed by atoms with Gasteiger partial charge < -0.3 is 14.6 Å². The van der Waals surface area contributed by atoms with Crippen molar-refractivity contribution in [3.05, 3.63) is 41.3 Å². The molecule has 1 aromatic carbocycles. The summed E-state index contributed by atoms with van der Waals surface area (Å²) in [5.74, 6) is 0.211. The molecule has 0 atom stereocenters. The largest absolute Gasteiger partial charge is 0.493 e. The molecule has 7 heteroatoms. The standard InChI is InChI=1S/C17H17N3O4/c1-9-15(11-5-6-13(23-3)14(7-11)24-4)16-18-8-12(17(21)22)10(2)20(16)19-9/h5-8H,1-4H3,(H,21,22). The van der Waals surface area contributed by atoms with Crippen LogP contribution in [-0.4, -0.2) is 39.9 Å². The number of carboxylic acids is 1. The first kappa shape index (κ1) is 15.8. The van der Waals surface area contributed by atoms with Crippen LogP contribution in [0.5, 0.6) is 11.5 Å². The highest BCUT2D eigenvalue weighted by Crippen LogP contribution is 2.35. The maximum absolute atomic E-state index is 11.3. The van der Waals surface area contributed by atoms with Crippen LogP contribution >= 0.6 is 0 Å². The second-order valence-corrected chi connectivity index (χ2v) is 5.33. The molecule has 1 N–H and O–H groups in total. The van der Waals surface area contributed by atoms with Gasteiger partial charge in [0.25, 0.3) is 0 Å². The zero-order valence-corrected chi connectivity index (χ0v) is 13.8. The Hall–Kier alpha value is -3.09. The van der Waals surface area contributed by atoms with E-state index in [1.165, 1.54) is 6.20 Å². The van der Waals surface area contributed by atoms with Crippen molar-refractivity contribution in [3.8, 4) is 22.6 Å². The minimum absolute atomic E-state index is 0.129. The Morgan fingerprint density at radius 3 is 2.50 bits per heavy atom. The van der Waals surface area contributed by atoms with Gasteiger partial charge in [-0.2, -0.15) is 5.10 Å². The molecule has 2 heterocycles. The molecule has 7 nitrogen and oxygen atoms in total. The zero-order valence-electron chi connectivity index (χ0n) is 13.8. The van der Waals surface area contributed by atoms with Gasteiger partial charge in [-0.3, -0.25) is 0 Å². The molecule has 0 fully saturated rings. The molecule has 3 aromatic rings. The lowest BCUT2D eigenvalue weighted by molar-refractivity contribution is 0.0695. The van der Waals surface area contributed by atoms with E-state index in [2.05, 4.69) is 10.1 Å². The third-order valence-electron chi connectivity index (χ3n) is 3.96. The van der Waals surface area contributed by atoms with Crippen molar-refractivity contribution < 1.29 is 19.4 Å². The number of hydrogen-bond acceptors (Lipinski definition) is 5. The fourth-order valence-corrected chi connectivity index (χ4v) is 2.74. The Balaban J connectivity index is 2.26. The molecule has 0 radical (unpaired) electrons. The third kappa shape index (κ3) is 2.34. The van der Waals surface area contributed by atoms with Gasteiger partial charge in [0.15, 0.2) is 17.1 Å². The van der Waals surface area contributed by atoms with Crippen LogP contribution in [-0.2, 0) is 0 Å². The molecule has 0 unspecified atom stereocenters. The van der Waals surface area contributed by atoms with Gasteiger partial charge in [-0.15, -0.1) is 0 Å². The first-order valence-corrected chi connectivity index (χ1v) is 7.28. The fraction of sp³-hybridized carbons (Fsp3) is 0.235. The summed E-state index contributed by atoms with van der Waals surface area (Å²) in [6, 6.07) is 5.56. The molecule has 24 heavy (non-hydrogen) atoms. The maximum atomic E-state index is 11.3. The van der Waals surface area contributed by atoms with Gasteiger partial charge in [-0.1, -0.05) is 6.07 Å². The summed E-state index contributed by atoms with van der Waals surface area (Å²) in [5, 5.41) is 13.7. The molecular formula is C17H17N3O4. The lowest BCUT2D eigenvalue weighted by Gasteiger charge is -2.09. The van der Waals surface area contributed by atoms with Crippen molar-refractivity contribution >= 4 is 11.6 Å². The Morgan fingerprint density at radius 2 is 1.88 bits per heavy atom. The highest BCUT2D eigenvalue weighted by Gasteiger charge is 2.19. The SMILES string of the molecule is COc1ccc(-c2c(C)nn3c(C)c(C(=O)O)cnc23)cc1OC. The van der Waals surface area contributed by atoms with E-state index in [0.717, 1.165) is 16.8 Å². The van der Waals surface area contributed by atoms with Crippen LogP contribution in [0.3, 0.4) is 0 Å². The molecule has 0 aliphatic heterocycles. The molecule has 0 bridgehead atoms. The first-order valence-electron chi connectivity index (χ1n) is 7.28. The Bertz CT molecular complexity index is 947. The summed E-state index contributed by atoms with van der Waals surface area (Å²) >= 11 is 0. The summed E-state index contributed by atoms with van der Waals surface area (Å²) < 4.78 is 12.2. The number of carbonyl (C=O) groups is 1. The molecule has 3 rings (SSSR count). The number of aromatic carboxylic acids is 1. The van der Waals surface area contributed by atoms with Gasteiger partial charge in [0.2, 0.25) is 0 Å². The van der Waals surface area contributed by atoms with E-state index in [4.69, 9.17) is 9.47 Å². The van der Waals surface area contributed by atoms with Crippen molar-refractivity contribution in [2.45, 2.75) is 13.8 Å². The van der Waals surface area contributed by atoms with Crippen LogP contribution in [0, 0.1) is 13.8 Å². The summed E-state index contributed by atoms with van der Waals surface area (Å²) in [7, 11) is 3.16. The predicted octanol–water partition coefficient (Wildman–Crippen LogP) is 2.73. The van der Waals surface area contributed by atoms with Gasteiger partial charge in [0.05, 0.1) is 31.2 Å². The topological polar surface area (TPSA) is 86.0 Å². The summed E-state index contributed by atoms with van der Waals surface area (Å²) in [6.07, 6.45) is 1.36. The summed E-state index contributed by atoms with van der Waals surface area (Å²) in [5.41, 5.74) is 3.71. The number of aryl methyl sites for hydroxylation is 2. The fourth-order valence-electron chi connectivity index (χ4n) is 2.74. The molecule has 2 aromatic heterocycles. The van der Waals surface area contributed by atoms with E-state index in [9.17, 15) is 9.90 Å². The van der Waals surface area contributed by atoms with Crippen molar-refractivity contribution in [3.63, 3.8) is 0 Å². The molecule has 0 aliphatic rings. The molecule has 124 valence electrons. The number of aromatic nitrogens is 3. The van der Waals surface area contributed by atoms with Crippen LogP contribution in [0.15, 0.2) is 24.4 Å². The van der Waals surface area contributed by atoms with Crippen molar-refractivity contribution in [1.82, 2.24) is 14.6 Å². The average Bonchev–Trinajstić information content (AvgIpc) is 2.91. The van der Waals surface area contributed by atoms with Gasteiger partial charge in [-0.05, 0) is 31.5 Å². The van der Waals surface area contributed by atoms with E-state index in [-0.39, 0.29) is 5.56 Å². The Morgan fingerprint density at radius 1 is 1.17 bits per heavy atom. The third-order valence-corrected chi connectivity index (χ3v) is 3.96. The van der Waals surface area contributed by atoms with Crippen molar-refractivity contribution in [2.75, 3.05) is 14.2 Å². The Labute approximate surface area is 138 Å². The maximum Gasteiger partial charge on any atom is 0.339 e. The summed E-state index contributed by atoms with van der Waals surface area (Å²) in [6.45, 7) is 3.57. The number of hydrogen-bond donors (Lipinski definition) is 1. The molecule has 0 saturated carbocycles. The van der Waals surface area contributed by atoms with E-state index in [1.807, 2.05) is 25.1 Å². The van der Waals surface area contributed by atoms with Crippen molar-refractivity contribution in [1.29, 1.82) is 0 Å². The molecule has 0 aliphatic carbocycles. The molecule has 0 saturated heterocycles. The first-order chi connectivity index (χ1) is 11.5. The van der Waals surface area contributed by atoms with Gasteiger partial charge >= 0.3 is 5.97 Å². The monoisotopic (exact) mass is 327 g/mol. The smallest absolute Gasteiger partial charge is 0.339 e. The van der Waals surface area contributed by atoms with Gasteiger partial charge in [0.1, 0.15) is 0 Å². The highest BCUT2D eigenvalue weighted by molar-refractivity contribution is 5.90. The van der Waals surface area contributed by atoms with E-state index < -0.39 is 5.97 Å². The minimum atomic E-state index is -1.03. The highest BCUT2D eigenvalue weighted by atomic mass is 16.5. The van der Waals surface area contributed by atoms with Crippen molar-refractivity contribution in [2.24, 2.45) is 0 Å². The van der Waals surface area contributed by atoms with E-state index in [0.29, 0.717) is 22.8 Å². The number of methoxy groups -OCH3 is 2. The lowest BCUT2D eigenvalue weighted by atomic mass is 10.1. The molecule has 0 amide bonds. The second-order valence-electron chi connectivity index (χ2n) is 5.33. The quantitative estimate of drug-likeness (QED) is 0.793. The van der Waals surface area contributed by atoms with Crippen LogP contribution in [0.25, 0.3) is 16.8 Å². The van der Waals surface area contributed by atoms with Gasteiger partial charge in [-0.25, -0.2) is 14.3 Å². The number of nitrogens with zero attached hydrogens (tertiary/aromatic N) is 3. The van der Waals surface area contributed by atoms with Crippen LogP contribution in [0.2, 0.25) is 0 Å². The normalized spacial score (nSPS) is 10.8. The zero-order chi connectivity index (χ0) is 17.4. The second kappa shape index (κ2) is 5.84. The van der Waals surface area contributed by atoms with E-state index in [1.54, 1.807) is 25.7 Å². The number of carboxylic acid groups (broad SMARTS) is 1. The number of benzene rings is 1. The van der Waals surface area contributed by atoms with Gasteiger partial charge in [0, 0.05) is 11.8 Å². The molecule has 0 spiro atoms. The summed E-state index contributed by atoms with van der Waals surface area (Å²) in [4.78, 5) is 15.6. The molecular weight excluding hydrogens is 310 g/mol. The van der Waals surface area contributed by atoms with Crippen LogP contribution < -0.4 is 9.47 Å². The van der Waals surface area contributed by atoms with E-state index >= 15 is 0 Å². The van der Waals surface area contributed by atoms with Crippen LogP contribution in [0.4, 0.5) is 0 Å².